The first kappa shape index (κ1) is 14.1. The third-order valence-electron chi connectivity index (χ3n) is 2.30. The number of aliphatic imine (C=N–C) groups is 1. The Balaban J connectivity index is 0.000000180. The van der Waals surface area contributed by atoms with Gasteiger partial charge in [-0.25, -0.2) is 0 Å². The molecule has 0 saturated heterocycles. The van der Waals surface area contributed by atoms with Crippen LogP contribution in [0, 0.1) is 0 Å². The fourth-order valence-corrected chi connectivity index (χ4v) is 1.49. The molecule has 0 bridgehead atoms. The Morgan fingerprint density at radius 2 is 1.50 bits per heavy atom. The first-order valence-electron chi connectivity index (χ1n) is 6.02. The highest BCUT2D eigenvalue weighted by Crippen LogP contribution is 1.95. The zero-order valence-corrected chi connectivity index (χ0v) is 11.0. The van der Waals surface area contributed by atoms with Crippen molar-refractivity contribution in [1.29, 1.82) is 0 Å². The lowest BCUT2D eigenvalue weighted by molar-refractivity contribution is 0.818. The van der Waals surface area contributed by atoms with E-state index in [0.29, 0.717) is 0 Å². The molecule has 0 aliphatic heterocycles. The molecule has 2 heteroatoms. The Hall–Kier alpha value is -1.93. The maximum atomic E-state index is 3.88. The van der Waals surface area contributed by atoms with E-state index in [4.69, 9.17) is 0 Å². The van der Waals surface area contributed by atoms with Crippen LogP contribution in [0.1, 0.15) is 11.1 Å². The average Bonchev–Trinajstić information content (AvgIpc) is 2.43. The Morgan fingerprint density at radius 3 is 2.00 bits per heavy atom. The molecule has 0 spiro atoms. The van der Waals surface area contributed by atoms with E-state index in [1.54, 1.807) is 7.05 Å². The van der Waals surface area contributed by atoms with Crippen molar-refractivity contribution in [3.63, 3.8) is 0 Å². The second kappa shape index (κ2) is 9.14. The van der Waals surface area contributed by atoms with Crippen LogP contribution in [-0.4, -0.2) is 20.3 Å². The van der Waals surface area contributed by atoms with Crippen molar-refractivity contribution in [1.82, 2.24) is 5.32 Å². The van der Waals surface area contributed by atoms with Crippen molar-refractivity contribution in [2.75, 3.05) is 14.1 Å². The molecule has 0 aromatic heterocycles. The molecular formula is C16H20N2. The van der Waals surface area contributed by atoms with Gasteiger partial charge in [-0.1, -0.05) is 60.7 Å². The van der Waals surface area contributed by atoms with E-state index < -0.39 is 0 Å². The first-order valence-corrected chi connectivity index (χ1v) is 6.02. The summed E-state index contributed by atoms with van der Waals surface area (Å²) in [6.45, 7) is 0.959. The molecule has 18 heavy (non-hydrogen) atoms. The zero-order chi connectivity index (χ0) is 13.1. The van der Waals surface area contributed by atoms with E-state index in [9.17, 15) is 0 Å². The molecule has 0 aliphatic carbocycles. The molecule has 0 atom stereocenters. The van der Waals surface area contributed by atoms with Gasteiger partial charge in [0.1, 0.15) is 0 Å². The minimum Gasteiger partial charge on any atom is -0.316 e. The van der Waals surface area contributed by atoms with Crippen molar-refractivity contribution in [3.05, 3.63) is 71.8 Å². The fraction of sp³-hybridized carbons (Fsp3) is 0.188. The number of nitrogens with one attached hydrogen (secondary N) is 1. The molecule has 0 fully saturated rings. The van der Waals surface area contributed by atoms with Crippen molar-refractivity contribution < 1.29 is 0 Å². The maximum Gasteiger partial charge on any atom is 0.0281 e. The Morgan fingerprint density at radius 1 is 0.944 bits per heavy atom. The van der Waals surface area contributed by atoms with Crippen LogP contribution >= 0.6 is 0 Å². The number of benzene rings is 2. The predicted molar refractivity (Wildman–Crippen MR) is 79.2 cm³/mol. The minimum atomic E-state index is 0.959. The van der Waals surface area contributed by atoms with Gasteiger partial charge in [-0.05, 0) is 18.2 Å². The van der Waals surface area contributed by atoms with E-state index in [2.05, 4.69) is 22.4 Å². The van der Waals surface area contributed by atoms with Gasteiger partial charge < -0.3 is 5.32 Å². The quantitative estimate of drug-likeness (QED) is 0.819. The molecule has 94 valence electrons. The monoisotopic (exact) mass is 240 g/mol. The highest BCUT2D eigenvalue weighted by Gasteiger charge is 1.83. The molecule has 2 nitrogen and oxygen atoms in total. The lowest BCUT2D eigenvalue weighted by Gasteiger charge is -1.95. The molecule has 0 saturated carbocycles. The zero-order valence-electron chi connectivity index (χ0n) is 11.0. The third-order valence-corrected chi connectivity index (χ3v) is 2.30. The summed E-state index contributed by atoms with van der Waals surface area (Å²) in [6.07, 6.45) is 1.83. The molecule has 2 aromatic rings. The van der Waals surface area contributed by atoms with Gasteiger partial charge in [0.05, 0.1) is 0 Å². The minimum absolute atomic E-state index is 0.959. The molecular weight excluding hydrogens is 220 g/mol. The van der Waals surface area contributed by atoms with Gasteiger partial charge in [-0.2, -0.15) is 0 Å². The van der Waals surface area contributed by atoms with E-state index >= 15 is 0 Å². The van der Waals surface area contributed by atoms with Crippen molar-refractivity contribution in [2.45, 2.75) is 6.54 Å². The van der Waals surface area contributed by atoms with Crippen molar-refractivity contribution in [3.8, 4) is 0 Å². The largest absolute Gasteiger partial charge is 0.316 e. The van der Waals surface area contributed by atoms with Crippen LogP contribution in [0.2, 0.25) is 0 Å². The third kappa shape index (κ3) is 5.97. The number of hydrogen-bond acceptors (Lipinski definition) is 2. The number of nitrogens with zero attached hydrogens (tertiary/aromatic N) is 1. The van der Waals surface area contributed by atoms with Crippen LogP contribution in [0.15, 0.2) is 65.7 Å². The second-order valence-corrected chi connectivity index (χ2v) is 3.81. The molecule has 0 amide bonds. The highest BCUT2D eigenvalue weighted by molar-refractivity contribution is 5.79. The lowest BCUT2D eigenvalue weighted by atomic mass is 10.2. The summed E-state index contributed by atoms with van der Waals surface area (Å²) in [4.78, 5) is 3.88. The van der Waals surface area contributed by atoms with E-state index in [0.717, 1.165) is 12.1 Å². The van der Waals surface area contributed by atoms with Gasteiger partial charge in [-0.15, -0.1) is 0 Å². The molecule has 0 heterocycles. The first-order chi connectivity index (χ1) is 8.86. The molecule has 0 unspecified atom stereocenters. The summed E-state index contributed by atoms with van der Waals surface area (Å²) in [5, 5.41) is 3.08. The van der Waals surface area contributed by atoms with E-state index in [-0.39, 0.29) is 0 Å². The van der Waals surface area contributed by atoms with E-state index in [1.165, 1.54) is 5.56 Å². The predicted octanol–water partition coefficient (Wildman–Crippen LogP) is 3.14. The molecule has 1 N–H and O–H groups in total. The number of rotatable bonds is 3. The summed E-state index contributed by atoms with van der Waals surface area (Å²) < 4.78 is 0. The number of hydrogen-bond donors (Lipinski definition) is 1. The van der Waals surface area contributed by atoms with Crippen LogP contribution in [0.3, 0.4) is 0 Å². The molecule has 2 aromatic carbocycles. The second-order valence-electron chi connectivity index (χ2n) is 3.81. The summed E-state index contributed by atoms with van der Waals surface area (Å²) in [6, 6.07) is 20.4. The Labute approximate surface area is 109 Å². The summed E-state index contributed by atoms with van der Waals surface area (Å²) in [5.74, 6) is 0. The van der Waals surface area contributed by atoms with Crippen LogP contribution in [-0.2, 0) is 6.54 Å². The van der Waals surface area contributed by atoms with Crippen LogP contribution in [0.5, 0.6) is 0 Å². The standard InChI is InChI=1S/C8H11N.C8H9N/c2*1-9-7-8-5-3-2-4-6-8/h2-6,9H,7H2,1H3;2-7H,1H3. The van der Waals surface area contributed by atoms with Crippen LogP contribution in [0.4, 0.5) is 0 Å². The SMILES string of the molecule is CN=Cc1ccccc1.CNCc1ccccc1. The smallest absolute Gasteiger partial charge is 0.0281 e. The van der Waals surface area contributed by atoms with Gasteiger partial charge in [0.15, 0.2) is 0 Å². The maximum absolute atomic E-state index is 3.88. The van der Waals surface area contributed by atoms with Gasteiger partial charge in [-0.3, -0.25) is 4.99 Å². The van der Waals surface area contributed by atoms with Gasteiger partial charge in [0.2, 0.25) is 0 Å². The topological polar surface area (TPSA) is 24.4 Å². The van der Waals surface area contributed by atoms with Gasteiger partial charge in [0, 0.05) is 19.8 Å². The summed E-state index contributed by atoms with van der Waals surface area (Å²) in [7, 11) is 3.72. The molecule has 0 radical (unpaired) electrons. The molecule has 0 aliphatic rings. The summed E-state index contributed by atoms with van der Waals surface area (Å²) >= 11 is 0. The van der Waals surface area contributed by atoms with Crippen molar-refractivity contribution in [2.24, 2.45) is 4.99 Å². The highest BCUT2D eigenvalue weighted by atomic mass is 14.8. The van der Waals surface area contributed by atoms with Gasteiger partial charge in [0.25, 0.3) is 0 Å². The normalized spacial score (nSPS) is 9.89. The van der Waals surface area contributed by atoms with Crippen molar-refractivity contribution >= 4 is 6.21 Å². The van der Waals surface area contributed by atoms with Crippen LogP contribution in [0.25, 0.3) is 0 Å². The van der Waals surface area contributed by atoms with E-state index in [1.807, 2.05) is 61.8 Å². The Bertz CT molecular complexity index is 435. The average molecular weight is 240 g/mol. The lowest BCUT2D eigenvalue weighted by Crippen LogP contribution is -2.04. The van der Waals surface area contributed by atoms with Gasteiger partial charge >= 0.3 is 0 Å². The summed E-state index contributed by atoms with van der Waals surface area (Å²) in [5.41, 5.74) is 2.49. The van der Waals surface area contributed by atoms with Crippen LogP contribution < -0.4 is 5.32 Å². The molecule has 2 rings (SSSR count). The fourth-order valence-electron chi connectivity index (χ4n) is 1.49. The Kier molecular flexibility index (Phi) is 7.17.